The van der Waals surface area contributed by atoms with E-state index >= 15 is 0 Å². The molecule has 1 aromatic heterocycles. The largest absolute Gasteiger partial charge is 0.384 e. The fourth-order valence-corrected chi connectivity index (χ4v) is 6.98. The first-order valence-corrected chi connectivity index (χ1v) is 15.0. The van der Waals surface area contributed by atoms with E-state index in [9.17, 15) is 13.2 Å². The number of hydrogen-bond donors (Lipinski definition) is 5. The molecule has 11 heteroatoms. The molecule has 1 amide bonds. The van der Waals surface area contributed by atoms with Crippen LogP contribution in [0.25, 0.3) is 10.2 Å². The monoisotopic (exact) mass is 562 g/mol. The van der Waals surface area contributed by atoms with Crippen LogP contribution in [0.15, 0.2) is 77.7 Å². The number of anilines is 1. The van der Waals surface area contributed by atoms with Crippen molar-refractivity contribution in [1.29, 1.82) is 5.41 Å². The van der Waals surface area contributed by atoms with Gasteiger partial charge in [0.25, 0.3) is 0 Å². The number of rotatable bonds is 9. The Hall–Kier alpha value is -3.64. The van der Waals surface area contributed by atoms with Gasteiger partial charge in [0.15, 0.2) is 0 Å². The number of nitrogens with one attached hydrogen (secondary N) is 4. The lowest BCUT2D eigenvalue weighted by atomic mass is 9.97. The number of amidine groups is 1. The van der Waals surface area contributed by atoms with Crippen molar-refractivity contribution in [2.45, 2.75) is 30.2 Å². The molecule has 9 nitrogen and oxygen atoms in total. The number of para-hydroxylation sites is 1. The SMILES string of the molecule is N=C(N)c1cccc(CC(NS(=O)(=O)c2cccc(NC(=O)C3CCNCC3)c2)c2nc3ccccc3s2)c1. The lowest BCUT2D eigenvalue weighted by Gasteiger charge is -2.22. The maximum atomic E-state index is 13.6. The van der Waals surface area contributed by atoms with Gasteiger partial charge in [-0.2, -0.15) is 0 Å². The number of nitrogen functional groups attached to an aromatic ring is 1. The number of nitrogens with two attached hydrogens (primary N) is 1. The van der Waals surface area contributed by atoms with Crippen LogP contribution in [-0.4, -0.2) is 38.2 Å². The van der Waals surface area contributed by atoms with Gasteiger partial charge in [0.05, 0.1) is 21.2 Å². The summed E-state index contributed by atoms with van der Waals surface area (Å²) in [5, 5.41) is 14.5. The standard InChI is InChI=1S/C28H30N6O3S2/c29-26(30)20-6-3-5-18(15-20)16-24(28-33-23-9-1-2-10-25(23)38-28)34-39(36,37)22-8-4-7-21(17-22)32-27(35)19-11-13-31-14-12-19/h1-10,15,17,19,24,31,34H,11-14,16H2,(H3,29,30)(H,32,35). The van der Waals surface area contributed by atoms with Crippen LogP contribution in [0.4, 0.5) is 5.69 Å². The number of nitrogens with zero attached hydrogens (tertiary/aromatic N) is 1. The highest BCUT2D eigenvalue weighted by Gasteiger charge is 2.26. The summed E-state index contributed by atoms with van der Waals surface area (Å²) in [6.07, 6.45) is 1.81. The van der Waals surface area contributed by atoms with Gasteiger partial charge in [0.2, 0.25) is 15.9 Å². The van der Waals surface area contributed by atoms with Crippen molar-refractivity contribution in [3.8, 4) is 0 Å². The number of piperidine rings is 1. The maximum absolute atomic E-state index is 13.6. The number of thiazole rings is 1. The Kier molecular flexibility index (Phi) is 8.03. The molecular weight excluding hydrogens is 532 g/mol. The molecule has 1 atom stereocenters. The molecule has 4 aromatic rings. The maximum Gasteiger partial charge on any atom is 0.241 e. The topological polar surface area (TPSA) is 150 Å². The van der Waals surface area contributed by atoms with E-state index in [1.54, 1.807) is 30.3 Å². The molecule has 1 aliphatic rings. The van der Waals surface area contributed by atoms with E-state index in [-0.39, 0.29) is 22.6 Å². The first kappa shape index (κ1) is 26.9. The normalized spacial score (nSPS) is 15.2. The fraction of sp³-hybridized carbons (Fsp3) is 0.250. The predicted molar refractivity (Wildman–Crippen MR) is 155 cm³/mol. The minimum Gasteiger partial charge on any atom is -0.384 e. The van der Waals surface area contributed by atoms with E-state index in [2.05, 4.69) is 15.4 Å². The quantitative estimate of drug-likeness (QED) is 0.155. The summed E-state index contributed by atoms with van der Waals surface area (Å²) in [4.78, 5) is 17.5. The molecule has 1 fully saturated rings. The summed E-state index contributed by atoms with van der Waals surface area (Å²) in [5.41, 5.74) is 8.29. The van der Waals surface area contributed by atoms with Crippen LogP contribution in [0, 0.1) is 11.3 Å². The average molecular weight is 563 g/mol. The van der Waals surface area contributed by atoms with E-state index in [1.807, 2.05) is 30.3 Å². The van der Waals surface area contributed by atoms with Gasteiger partial charge in [0, 0.05) is 17.2 Å². The summed E-state index contributed by atoms with van der Waals surface area (Å²) in [7, 11) is -3.99. The smallest absolute Gasteiger partial charge is 0.241 e. The van der Waals surface area contributed by atoms with Crippen molar-refractivity contribution >= 4 is 49.0 Å². The zero-order valence-electron chi connectivity index (χ0n) is 21.2. The summed E-state index contributed by atoms with van der Waals surface area (Å²) in [5.74, 6) is -0.257. The zero-order valence-corrected chi connectivity index (χ0v) is 22.8. The molecule has 6 N–H and O–H groups in total. The van der Waals surface area contributed by atoms with Crippen molar-refractivity contribution in [2.24, 2.45) is 11.7 Å². The Morgan fingerprint density at radius 2 is 1.85 bits per heavy atom. The molecule has 1 aliphatic heterocycles. The van der Waals surface area contributed by atoms with Crippen LogP contribution in [0.1, 0.15) is 35.0 Å². The molecule has 0 bridgehead atoms. The van der Waals surface area contributed by atoms with E-state index in [1.165, 1.54) is 23.5 Å². The second kappa shape index (κ2) is 11.6. The first-order chi connectivity index (χ1) is 18.8. The number of carbonyl (C=O) groups is 1. The Morgan fingerprint density at radius 1 is 1.08 bits per heavy atom. The highest BCUT2D eigenvalue weighted by atomic mass is 32.2. The van der Waals surface area contributed by atoms with Gasteiger partial charge in [-0.25, -0.2) is 18.1 Å². The summed E-state index contributed by atoms with van der Waals surface area (Å²) >= 11 is 1.43. The highest BCUT2D eigenvalue weighted by Crippen LogP contribution is 2.30. The third-order valence-electron chi connectivity index (χ3n) is 6.71. The van der Waals surface area contributed by atoms with Crippen LogP contribution in [0.3, 0.4) is 0 Å². The van der Waals surface area contributed by atoms with Gasteiger partial charge in [-0.1, -0.05) is 36.4 Å². The third-order valence-corrected chi connectivity index (χ3v) is 9.32. The van der Waals surface area contributed by atoms with Crippen LogP contribution in [0.2, 0.25) is 0 Å². The van der Waals surface area contributed by atoms with E-state index in [4.69, 9.17) is 16.1 Å². The van der Waals surface area contributed by atoms with Gasteiger partial charge in [-0.3, -0.25) is 10.2 Å². The Labute approximate surface area is 231 Å². The molecule has 5 rings (SSSR count). The Morgan fingerprint density at radius 3 is 2.62 bits per heavy atom. The summed E-state index contributed by atoms with van der Waals surface area (Å²) < 4.78 is 31.1. The average Bonchev–Trinajstić information content (AvgIpc) is 3.38. The summed E-state index contributed by atoms with van der Waals surface area (Å²) in [6.45, 7) is 1.58. The number of hydrogen-bond acceptors (Lipinski definition) is 7. The number of carbonyl (C=O) groups excluding carboxylic acids is 1. The van der Waals surface area contributed by atoms with Gasteiger partial charge in [-0.15, -0.1) is 11.3 Å². The number of aromatic nitrogens is 1. The molecule has 0 radical (unpaired) electrons. The molecule has 0 saturated carbocycles. The predicted octanol–water partition coefficient (Wildman–Crippen LogP) is 3.78. The van der Waals surface area contributed by atoms with Crippen molar-refractivity contribution in [2.75, 3.05) is 18.4 Å². The van der Waals surface area contributed by atoms with Crippen LogP contribution in [-0.2, 0) is 21.2 Å². The molecule has 3 aromatic carbocycles. The van der Waals surface area contributed by atoms with E-state index < -0.39 is 16.1 Å². The Balaban J connectivity index is 1.42. The third kappa shape index (κ3) is 6.51. The molecule has 202 valence electrons. The lowest BCUT2D eigenvalue weighted by Crippen LogP contribution is -2.34. The van der Waals surface area contributed by atoms with Crippen LogP contribution >= 0.6 is 11.3 Å². The minimum atomic E-state index is -3.99. The van der Waals surface area contributed by atoms with Gasteiger partial charge in [0.1, 0.15) is 10.8 Å². The van der Waals surface area contributed by atoms with Crippen LogP contribution < -0.4 is 21.1 Å². The van der Waals surface area contributed by atoms with Gasteiger partial charge >= 0.3 is 0 Å². The van der Waals surface area contributed by atoms with Crippen molar-refractivity contribution in [3.63, 3.8) is 0 Å². The number of benzene rings is 3. The fourth-order valence-electron chi connectivity index (χ4n) is 4.64. The van der Waals surface area contributed by atoms with Crippen molar-refractivity contribution < 1.29 is 13.2 Å². The molecule has 1 saturated heterocycles. The highest BCUT2D eigenvalue weighted by molar-refractivity contribution is 7.89. The van der Waals surface area contributed by atoms with Crippen molar-refractivity contribution in [3.05, 3.63) is 88.9 Å². The second-order valence-electron chi connectivity index (χ2n) is 9.55. The van der Waals surface area contributed by atoms with E-state index in [0.29, 0.717) is 22.7 Å². The number of fused-ring (bicyclic) bond motifs is 1. The molecule has 0 aliphatic carbocycles. The first-order valence-electron chi connectivity index (χ1n) is 12.7. The molecule has 39 heavy (non-hydrogen) atoms. The minimum absolute atomic E-state index is 0.0502. The Bertz CT molecular complexity index is 1580. The summed E-state index contributed by atoms with van der Waals surface area (Å²) in [6, 6.07) is 20.5. The zero-order chi connectivity index (χ0) is 27.4. The number of sulfonamides is 1. The van der Waals surface area contributed by atoms with Gasteiger partial charge < -0.3 is 16.4 Å². The van der Waals surface area contributed by atoms with E-state index in [0.717, 1.165) is 41.7 Å². The molecular formula is C28H30N6O3S2. The van der Waals surface area contributed by atoms with Crippen LogP contribution in [0.5, 0.6) is 0 Å². The number of amides is 1. The molecule has 1 unspecified atom stereocenters. The van der Waals surface area contributed by atoms with Crippen molar-refractivity contribution in [1.82, 2.24) is 15.0 Å². The van der Waals surface area contributed by atoms with Gasteiger partial charge in [-0.05, 0) is 74.3 Å². The lowest BCUT2D eigenvalue weighted by molar-refractivity contribution is -0.120. The molecule has 2 heterocycles. The molecule has 0 spiro atoms. The second-order valence-corrected chi connectivity index (χ2v) is 12.3.